The lowest BCUT2D eigenvalue weighted by molar-refractivity contribution is -0.133. The van der Waals surface area contributed by atoms with Crippen LogP contribution in [0.25, 0.3) is 0 Å². The molecule has 0 aromatic heterocycles. The first kappa shape index (κ1) is 15.4. The first-order chi connectivity index (χ1) is 8.71. The molecule has 0 bridgehead atoms. The number of hydrogen-bond donors (Lipinski definition) is 1. The van der Waals surface area contributed by atoms with Gasteiger partial charge in [0.25, 0.3) is 0 Å². The zero-order valence-corrected chi connectivity index (χ0v) is 12.0. The minimum Gasteiger partial charge on any atom is -0.342 e. The summed E-state index contributed by atoms with van der Waals surface area (Å²) >= 11 is 0. The molecule has 0 spiro atoms. The molecule has 4 heteroatoms. The minimum absolute atomic E-state index is 0.288. The Balaban J connectivity index is 2.41. The monoisotopic (exact) mass is 255 g/mol. The van der Waals surface area contributed by atoms with Gasteiger partial charge in [0.15, 0.2) is 0 Å². The number of carbonyl (C=O) groups is 1. The van der Waals surface area contributed by atoms with E-state index in [1.807, 2.05) is 4.90 Å². The second-order valence-electron chi connectivity index (χ2n) is 5.36. The lowest BCUT2D eigenvalue weighted by Crippen LogP contribution is -2.45. The second kappa shape index (κ2) is 8.48. The highest BCUT2D eigenvalue weighted by Crippen LogP contribution is 2.15. The van der Waals surface area contributed by atoms with Crippen LogP contribution in [0, 0.1) is 5.92 Å². The summed E-state index contributed by atoms with van der Waals surface area (Å²) in [5, 5.41) is 0. The van der Waals surface area contributed by atoms with Crippen LogP contribution in [0.3, 0.4) is 0 Å². The van der Waals surface area contributed by atoms with Crippen molar-refractivity contribution in [1.82, 2.24) is 9.80 Å². The highest BCUT2D eigenvalue weighted by molar-refractivity contribution is 5.78. The summed E-state index contributed by atoms with van der Waals surface area (Å²) in [6.45, 7) is 9.40. The van der Waals surface area contributed by atoms with Crippen molar-refractivity contribution in [2.24, 2.45) is 11.7 Å². The first-order valence-corrected chi connectivity index (χ1v) is 7.41. The van der Waals surface area contributed by atoms with E-state index in [9.17, 15) is 4.79 Å². The Bertz CT molecular complexity index is 239. The Hall–Kier alpha value is -0.610. The maximum absolute atomic E-state index is 12.2. The van der Waals surface area contributed by atoms with Gasteiger partial charge in [-0.05, 0) is 44.7 Å². The normalized spacial score (nSPS) is 20.9. The van der Waals surface area contributed by atoms with Crippen molar-refractivity contribution in [3.8, 4) is 0 Å². The van der Waals surface area contributed by atoms with Crippen LogP contribution in [0.2, 0.25) is 0 Å². The van der Waals surface area contributed by atoms with Crippen molar-refractivity contribution in [3.05, 3.63) is 0 Å². The number of hydrogen-bond acceptors (Lipinski definition) is 3. The van der Waals surface area contributed by atoms with E-state index in [1.165, 1.54) is 12.8 Å². The summed E-state index contributed by atoms with van der Waals surface area (Å²) in [5.74, 6) is 0.869. The summed E-state index contributed by atoms with van der Waals surface area (Å²) in [7, 11) is 0. The summed E-state index contributed by atoms with van der Waals surface area (Å²) in [5.41, 5.74) is 5.73. The van der Waals surface area contributed by atoms with E-state index in [1.54, 1.807) is 0 Å². The molecule has 1 atom stereocenters. The predicted molar refractivity (Wildman–Crippen MR) is 75.4 cm³/mol. The van der Waals surface area contributed by atoms with Crippen LogP contribution >= 0.6 is 0 Å². The van der Waals surface area contributed by atoms with Gasteiger partial charge in [0.2, 0.25) is 5.91 Å². The predicted octanol–water partition coefficient (Wildman–Crippen LogP) is 1.31. The van der Waals surface area contributed by atoms with Gasteiger partial charge in [-0.1, -0.05) is 13.8 Å². The fourth-order valence-electron chi connectivity index (χ4n) is 2.68. The van der Waals surface area contributed by atoms with Gasteiger partial charge >= 0.3 is 0 Å². The molecule has 0 aromatic rings. The largest absolute Gasteiger partial charge is 0.342 e. The Morgan fingerprint density at radius 3 is 2.56 bits per heavy atom. The highest BCUT2D eigenvalue weighted by atomic mass is 16.2. The molecule has 1 saturated heterocycles. The minimum atomic E-state index is 0.288. The molecule has 106 valence electrons. The van der Waals surface area contributed by atoms with E-state index < -0.39 is 0 Å². The van der Waals surface area contributed by atoms with Gasteiger partial charge in [-0.25, -0.2) is 0 Å². The Morgan fingerprint density at radius 2 is 2.00 bits per heavy atom. The van der Waals surface area contributed by atoms with E-state index >= 15 is 0 Å². The first-order valence-electron chi connectivity index (χ1n) is 7.41. The molecular formula is C14H29N3O. The summed E-state index contributed by atoms with van der Waals surface area (Å²) in [4.78, 5) is 16.5. The molecular weight excluding hydrogens is 226 g/mol. The van der Waals surface area contributed by atoms with Crippen LogP contribution in [0.1, 0.15) is 39.5 Å². The van der Waals surface area contributed by atoms with Crippen LogP contribution in [0.5, 0.6) is 0 Å². The van der Waals surface area contributed by atoms with E-state index in [2.05, 4.69) is 18.7 Å². The average molecular weight is 255 g/mol. The van der Waals surface area contributed by atoms with Gasteiger partial charge in [-0.2, -0.15) is 0 Å². The molecule has 1 unspecified atom stereocenters. The van der Waals surface area contributed by atoms with Crippen molar-refractivity contribution >= 4 is 5.91 Å². The van der Waals surface area contributed by atoms with E-state index in [0.717, 1.165) is 45.6 Å². The van der Waals surface area contributed by atoms with Gasteiger partial charge in [0.1, 0.15) is 0 Å². The molecule has 1 rings (SSSR count). The average Bonchev–Trinajstić information content (AvgIpc) is 2.38. The second-order valence-corrected chi connectivity index (χ2v) is 5.36. The van der Waals surface area contributed by atoms with Crippen molar-refractivity contribution in [2.75, 3.05) is 39.3 Å². The summed E-state index contributed by atoms with van der Waals surface area (Å²) in [6, 6.07) is 0. The number of amides is 1. The SMILES string of the molecule is CCCN(CCC)C(=O)CN1CCCC(CN)C1. The van der Waals surface area contributed by atoms with Gasteiger partial charge < -0.3 is 10.6 Å². The number of nitrogens with zero attached hydrogens (tertiary/aromatic N) is 2. The molecule has 0 saturated carbocycles. The molecule has 0 aromatic carbocycles. The molecule has 1 aliphatic rings. The zero-order valence-electron chi connectivity index (χ0n) is 12.0. The van der Waals surface area contributed by atoms with Gasteiger partial charge in [0.05, 0.1) is 6.54 Å². The molecule has 0 aliphatic carbocycles. The van der Waals surface area contributed by atoms with Gasteiger partial charge in [-0.15, -0.1) is 0 Å². The maximum Gasteiger partial charge on any atom is 0.236 e. The molecule has 4 nitrogen and oxygen atoms in total. The third kappa shape index (κ3) is 4.94. The molecule has 1 aliphatic heterocycles. The Kier molecular flexibility index (Phi) is 7.28. The number of piperidine rings is 1. The van der Waals surface area contributed by atoms with Gasteiger partial charge in [-0.3, -0.25) is 9.69 Å². The number of carbonyl (C=O) groups excluding carboxylic acids is 1. The van der Waals surface area contributed by atoms with Crippen LogP contribution in [0.4, 0.5) is 0 Å². The van der Waals surface area contributed by atoms with Crippen molar-refractivity contribution < 1.29 is 4.79 Å². The smallest absolute Gasteiger partial charge is 0.236 e. The lowest BCUT2D eigenvalue weighted by Gasteiger charge is -2.33. The molecule has 1 fully saturated rings. The molecule has 18 heavy (non-hydrogen) atoms. The fourth-order valence-corrected chi connectivity index (χ4v) is 2.68. The third-order valence-corrected chi connectivity index (χ3v) is 3.64. The third-order valence-electron chi connectivity index (χ3n) is 3.64. The molecule has 2 N–H and O–H groups in total. The topological polar surface area (TPSA) is 49.6 Å². The lowest BCUT2D eigenvalue weighted by atomic mass is 9.98. The van der Waals surface area contributed by atoms with Gasteiger partial charge in [0, 0.05) is 19.6 Å². The zero-order chi connectivity index (χ0) is 13.4. The number of nitrogens with two attached hydrogens (primary N) is 1. The van der Waals surface area contributed by atoms with Crippen molar-refractivity contribution in [2.45, 2.75) is 39.5 Å². The Labute approximate surface area is 111 Å². The quantitative estimate of drug-likeness (QED) is 0.746. The van der Waals surface area contributed by atoms with Crippen LogP contribution in [0.15, 0.2) is 0 Å². The summed E-state index contributed by atoms with van der Waals surface area (Å²) in [6.07, 6.45) is 4.47. The standard InChI is InChI=1S/C14H29N3O/c1-3-7-17(8-4-2)14(18)12-16-9-5-6-13(10-15)11-16/h13H,3-12,15H2,1-2H3. The molecule has 1 heterocycles. The summed E-state index contributed by atoms with van der Waals surface area (Å²) < 4.78 is 0. The Morgan fingerprint density at radius 1 is 1.33 bits per heavy atom. The number of likely N-dealkylation sites (tertiary alicyclic amines) is 1. The van der Waals surface area contributed by atoms with E-state index in [4.69, 9.17) is 5.73 Å². The maximum atomic E-state index is 12.2. The van der Waals surface area contributed by atoms with Crippen LogP contribution in [-0.2, 0) is 4.79 Å². The van der Waals surface area contributed by atoms with Crippen molar-refractivity contribution in [3.63, 3.8) is 0 Å². The highest BCUT2D eigenvalue weighted by Gasteiger charge is 2.22. The fraction of sp³-hybridized carbons (Fsp3) is 0.929. The van der Waals surface area contributed by atoms with Crippen molar-refractivity contribution in [1.29, 1.82) is 0 Å². The van der Waals surface area contributed by atoms with E-state index in [-0.39, 0.29) is 5.91 Å². The van der Waals surface area contributed by atoms with Crippen LogP contribution in [-0.4, -0.2) is 55.0 Å². The number of rotatable bonds is 7. The molecule has 0 radical (unpaired) electrons. The molecule has 1 amide bonds. The van der Waals surface area contributed by atoms with E-state index in [0.29, 0.717) is 12.5 Å². The van der Waals surface area contributed by atoms with Crippen LogP contribution < -0.4 is 5.73 Å².